The quantitative estimate of drug-likeness (QED) is 0.402. The van der Waals surface area contributed by atoms with Crippen LogP contribution in [-0.4, -0.2) is 4.98 Å². The maximum absolute atomic E-state index is 15.0. The fourth-order valence-electron chi connectivity index (χ4n) is 6.27. The molecule has 2 aromatic rings. The lowest BCUT2D eigenvalue weighted by Crippen LogP contribution is -2.13. The highest BCUT2D eigenvalue weighted by atomic mass is 19.1. The summed E-state index contributed by atoms with van der Waals surface area (Å²) in [7, 11) is 0. The predicted molar refractivity (Wildman–Crippen MR) is 133 cm³/mol. The SMILES string of the molecule is CCCCC1CCC(c2ccc(-c3ccc(C4CCC(CCC)CC4)cc3F)nc2)CC1. The van der Waals surface area contributed by atoms with Gasteiger partial charge in [0.2, 0.25) is 0 Å². The Labute approximate surface area is 195 Å². The van der Waals surface area contributed by atoms with E-state index in [2.05, 4.69) is 31.0 Å². The maximum atomic E-state index is 15.0. The van der Waals surface area contributed by atoms with E-state index in [-0.39, 0.29) is 5.82 Å². The van der Waals surface area contributed by atoms with Gasteiger partial charge in [0.1, 0.15) is 5.82 Å². The van der Waals surface area contributed by atoms with E-state index in [1.807, 2.05) is 18.3 Å². The summed E-state index contributed by atoms with van der Waals surface area (Å²) in [6.07, 6.45) is 19.0. The minimum absolute atomic E-state index is 0.116. The second-order valence-corrected chi connectivity index (χ2v) is 10.6. The summed E-state index contributed by atoms with van der Waals surface area (Å²) < 4.78 is 15.0. The molecule has 0 bridgehead atoms. The van der Waals surface area contributed by atoms with Crippen LogP contribution in [0.1, 0.15) is 120 Å². The first-order chi connectivity index (χ1) is 15.7. The van der Waals surface area contributed by atoms with E-state index in [1.54, 1.807) is 6.07 Å². The van der Waals surface area contributed by atoms with Crippen molar-refractivity contribution in [2.75, 3.05) is 0 Å². The minimum atomic E-state index is -0.116. The molecule has 4 rings (SSSR count). The van der Waals surface area contributed by atoms with Gasteiger partial charge in [0.15, 0.2) is 0 Å². The van der Waals surface area contributed by atoms with Crippen molar-refractivity contribution in [2.24, 2.45) is 11.8 Å². The second-order valence-electron chi connectivity index (χ2n) is 10.6. The number of halogens is 1. The van der Waals surface area contributed by atoms with E-state index in [0.29, 0.717) is 17.4 Å². The first kappa shape index (κ1) is 23.5. The number of unbranched alkanes of at least 4 members (excludes halogenated alkanes) is 1. The molecule has 1 aromatic heterocycles. The summed E-state index contributed by atoms with van der Waals surface area (Å²) in [5, 5.41) is 0. The summed E-state index contributed by atoms with van der Waals surface area (Å²) in [5.41, 5.74) is 3.92. The molecule has 1 nitrogen and oxygen atoms in total. The lowest BCUT2D eigenvalue weighted by molar-refractivity contribution is 0.304. The van der Waals surface area contributed by atoms with Gasteiger partial charge in [-0.3, -0.25) is 4.98 Å². The molecule has 0 saturated heterocycles. The molecule has 0 N–H and O–H groups in total. The fourth-order valence-corrected chi connectivity index (χ4v) is 6.27. The smallest absolute Gasteiger partial charge is 0.132 e. The van der Waals surface area contributed by atoms with E-state index in [4.69, 9.17) is 0 Å². The minimum Gasteiger partial charge on any atom is -0.256 e. The Hall–Kier alpha value is -1.70. The largest absolute Gasteiger partial charge is 0.256 e. The molecule has 0 amide bonds. The van der Waals surface area contributed by atoms with Gasteiger partial charge in [-0.1, -0.05) is 58.1 Å². The van der Waals surface area contributed by atoms with Crippen molar-refractivity contribution < 1.29 is 4.39 Å². The first-order valence-electron chi connectivity index (χ1n) is 13.4. The Morgan fingerprint density at radius 1 is 0.750 bits per heavy atom. The monoisotopic (exact) mass is 435 g/mol. The predicted octanol–water partition coefficient (Wildman–Crippen LogP) is 9.43. The van der Waals surface area contributed by atoms with E-state index in [9.17, 15) is 0 Å². The first-order valence-corrected chi connectivity index (χ1v) is 13.4. The normalized spacial score (nSPS) is 26.2. The number of pyridine rings is 1. The third-order valence-electron chi connectivity index (χ3n) is 8.35. The standard InChI is InChI=1S/C30H42FN/c1-3-5-7-23-10-14-25(15-11-23)27-17-19-30(32-21-27)28-18-16-26(20-29(28)31)24-12-8-22(6-4-2)9-13-24/h16-25H,3-15H2,1-2H3. The highest BCUT2D eigenvalue weighted by Gasteiger charge is 2.24. The van der Waals surface area contributed by atoms with Crippen LogP contribution >= 0.6 is 0 Å². The van der Waals surface area contributed by atoms with Gasteiger partial charge in [-0.05, 0) is 104 Å². The molecule has 1 heterocycles. The number of hydrogen-bond acceptors (Lipinski definition) is 1. The molecule has 0 unspecified atom stereocenters. The lowest BCUT2D eigenvalue weighted by Gasteiger charge is -2.29. The molecule has 32 heavy (non-hydrogen) atoms. The van der Waals surface area contributed by atoms with Gasteiger partial charge in [0.25, 0.3) is 0 Å². The lowest BCUT2D eigenvalue weighted by atomic mass is 9.77. The van der Waals surface area contributed by atoms with Crippen LogP contribution in [-0.2, 0) is 0 Å². The van der Waals surface area contributed by atoms with Gasteiger partial charge in [-0.25, -0.2) is 4.39 Å². The van der Waals surface area contributed by atoms with E-state index in [1.165, 1.54) is 94.6 Å². The summed E-state index contributed by atoms with van der Waals surface area (Å²) in [6.45, 7) is 4.56. The summed E-state index contributed by atoms with van der Waals surface area (Å²) in [6, 6.07) is 10.1. The average molecular weight is 436 g/mol. The van der Waals surface area contributed by atoms with Crippen LogP contribution in [0.3, 0.4) is 0 Å². The highest BCUT2D eigenvalue weighted by Crippen LogP contribution is 2.40. The summed E-state index contributed by atoms with van der Waals surface area (Å²) in [4.78, 5) is 4.69. The Bertz CT molecular complexity index is 826. The molecule has 2 saturated carbocycles. The Kier molecular flexibility index (Phi) is 8.38. The molecule has 2 aliphatic rings. The summed E-state index contributed by atoms with van der Waals surface area (Å²) in [5.74, 6) is 2.84. The van der Waals surface area contributed by atoms with Gasteiger partial charge < -0.3 is 0 Å². The van der Waals surface area contributed by atoms with Crippen molar-refractivity contribution in [3.05, 3.63) is 53.5 Å². The molecule has 0 atom stereocenters. The zero-order valence-corrected chi connectivity index (χ0v) is 20.3. The van der Waals surface area contributed by atoms with Gasteiger partial charge in [-0.15, -0.1) is 0 Å². The molecule has 0 spiro atoms. The third-order valence-corrected chi connectivity index (χ3v) is 8.35. The van der Waals surface area contributed by atoms with Gasteiger partial charge in [0.05, 0.1) is 5.69 Å². The van der Waals surface area contributed by atoms with Crippen LogP contribution in [0.15, 0.2) is 36.5 Å². The third kappa shape index (κ3) is 5.80. The Morgan fingerprint density at radius 3 is 1.94 bits per heavy atom. The molecule has 2 heteroatoms. The average Bonchev–Trinajstić information content (AvgIpc) is 2.84. The molecule has 1 aromatic carbocycles. The number of aromatic nitrogens is 1. The van der Waals surface area contributed by atoms with Crippen molar-refractivity contribution in [2.45, 2.75) is 109 Å². The van der Waals surface area contributed by atoms with Crippen molar-refractivity contribution >= 4 is 0 Å². The van der Waals surface area contributed by atoms with Gasteiger partial charge in [-0.2, -0.15) is 0 Å². The topological polar surface area (TPSA) is 12.9 Å². The number of rotatable bonds is 8. The highest BCUT2D eigenvalue weighted by molar-refractivity contribution is 5.60. The van der Waals surface area contributed by atoms with E-state index in [0.717, 1.165) is 17.5 Å². The summed E-state index contributed by atoms with van der Waals surface area (Å²) >= 11 is 0. The Balaban J connectivity index is 1.36. The number of hydrogen-bond donors (Lipinski definition) is 0. The van der Waals surface area contributed by atoms with Gasteiger partial charge >= 0.3 is 0 Å². The van der Waals surface area contributed by atoms with Crippen LogP contribution < -0.4 is 0 Å². The van der Waals surface area contributed by atoms with Crippen LogP contribution in [0.2, 0.25) is 0 Å². The number of nitrogens with zero attached hydrogens (tertiary/aromatic N) is 1. The molecule has 174 valence electrons. The van der Waals surface area contributed by atoms with Gasteiger partial charge in [0, 0.05) is 11.8 Å². The fraction of sp³-hybridized carbons (Fsp3) is 0.633. The second kappa shape index (κ2) is 11.4. The van der Waals surface area contributed by atoms with Crippen LogP contribution in [0.5, 0.6) is 0 Å². The van der Waals surface area contributed by atoms with E-state index < -0.39 is 0 Å². The van der Waals surface area contributed by atoms with Crippen LogP contribution in [0.25, 0.3) is 11.3 Å². The van der Waals surface area contributed by atoms with E-state index >= 15 is 4.39 Å². The molecule has 0 aliphatic heterocycles. The van der Waals surface area contributed by atoms with Crippen molar-refractivity contribution in [3.63, 3.8) is 0 Å². The molecular formula is C30H42FN. The van der Waals surface area contributed by atoms with Crippen molar-refractivity contribution in [1.82, 2.24) is 4.98 Å². The van der Waals surface area contributed by atoms with Crippen molar-refractivity contribution in [1.29, 1.82) is 0 Å². The Morgan fingerprint density at radius 2 is 1.38 bits per heavy atom. The molecule has 0 radical (unpaired) electrons. The molecular weight excluding hydrogens is 393 g/mol. The van der Waals surface area contributed by atoms with Crippen LogP contribution in [0, 0.1) is 17.7 Å². The van der Waals surface area contributed by atoms with Crippen molar-refractivity contribution in [3.8, 4) is 11.3 Å². The van der Waals surface area contributed by atoms with Crippen LogP contribution in [0.4, 0.5) is 4.39 Å². The zero-order valence-electron chi connectivity index (χ0n) is 20.3. The maximum Gasteiger partial charge on any atom is 0.132 e. The molecule has 2 aliphatic carbocycles. The number of benzene rings is 1. The zero-order chi connectivity index (χ0) is 22.3. The molecule has 2 fully saturated rings.